The van der Waals surface area contributed by atoms with Crippen molar-refractivity contribution in [2.75, 3.05) is 0 Å². The summed E-state index contributed by atoms with van der Waals surface area (Å²) in [5.41, 5.74) is 3.05. The van der Waals surface area contributed by atoms with E-state index in [1.165, 1.54) is 5.56 Å². The summed E-state index contributed by atoms with van der Waals surface area (Å²) in [6.07, 6.45) is 0.858. The molecule has 1 rings (SSSR count). The summed E-state index contributed by atoms with van der Waals surface area (Å²) in [5.74, 6) is 0. The van der Waals surface area contributed by atoms with Gasteiger partial charge in [0.05, 0.1) is 0 Å². The van der Waals surface area contributed by atoms with Crippen LogP contribution in [-0.4, -0.2) is 6.29 Å². The zero-order chi connectivity index (χ0) is 8.43. The van der Waals surface area contributed by atoms with Gasteiger partial charge in [0.1, 0.15) is 0 Å². The SMILES string of the molecule is Cc1ccc(C=O)c(Br)c1C. The lowest BCUT2D eigenvalue weighted by Gasteiger charge is -2.03. The molecular weight excluding hydrogens is 204 g/mol. The van der Waals surface area contributed by atoms with Crippen LogP contribution in [0, 0.1) is 13.8 Å². The maximum absolute atomic E-state index is 10.5. The molecule has 0 unspecified atom stereocenters. The Hall–Kier alpha value is -0.630. The van der Waals surface area contributed by atoms with Gasteiger partial charge in [-0.3, -0.25) is 4.79 Å². The topological polar surface area (TPSA) is 17.1 Å². The number of rotatable bonds is 1. The van der Waals surface area contributed by atoms with Crippen LogP contribution < -0.4 is 0 Å². The van der Waals surface area contributed by atoms with E-state index in [1.807, 2.05) is 26.0 Å². The van der Waals surface area contributed by atoms with Crippen molar-refractivity contribution in [2.45, 2.75) is 13.8 Å². The van der Waals surface area contributed by atoms with Crippen LogP contribution >= 0.6 is 15.9 Å². The Labute approximate surface area is 74.6 Å². The largest absolute Gasteiger partial charge is 0.298 e. The molecule has 0 amide bonds. The first-order valence-corrected chi connectivity index (χ1v) is 4.17. The second-order valence-electron chi connectivity index (χ2n) is 2.53. The van der Waals surface area contributed by atoms with Crippen LogP contribution in [0.15, 0.2) is 16.6 Å². The van der Waals surface area contributed by atoms with Gasteiger partial charge in [0, 0.05) is 10.0 Å². The highest BCUT2D eigenvalue weighted by molar-refractivity contribution is 9.10. The van der Waals surface area contributed by atoms with Gasteiger partial charge in [-0.2, -0.15) is 0 Å². The molecule has 0 atom stereocenters. The van der Waals surface area contributed by atoms with Crippen LogP contribution in [-0.2, 0) is 0 Å². The molecule has 1 aromatic carbocycles. The molecule has 11 heavy (non-hydrogen) atoms. The number of carbonyl (C=O) groups is 1. The molecule has 2 heteroatoms. The van der Waals surface area contributed by atoms with Crippen LogP contribution in [0.3, 0.4) is 0 Å². The van der Waals surface area contributed by atoms with Gasteiger partial charge in [-0.25, -0.2) is 0 Å². The van der Waals surface area contributed by atoms with Gasteiger partial charge < -0.3 is 0 Å². The molecule has 0 fully saturated rings. The Balaban J connectivity index is 3.36. The third-order valence-electron chi connectivity index (χ3n) is 1.81. The van der Waals surface area contributed by atoms with E-state index in [-0.39, 0.29) is 0 Å². The van der Waals surface area contributed by atoms with E-state index < -0.39 is 0 Å². The summed E-state index contributed by atoms with van der Waals surface area (Å²) in [4.78, 5) is 10.5. The first-order chi connectivity index (χ1) is 5.16. The van der Waals surface area contributed by atoms with Crippen LogP contribution in [0.5, 0.6) is 0 Å². The highest BCUT2D eigenvalue weighted by Gasteiger charge is 2.02. The van der Waals surface area contributed by atoms with E-state index >= 15 is 0 Å². The van der Waals surface area contributed by atoms with Crippen molar-refractivity contribution < 1.29 is 4.79 Å². The van der Waals surface area contributed by atoms with Crippen molar-refractivity contribution in [3.63, 3.8) is 0 Å². The van der Waals surface area contributed by atoms with E-state index in [1.54, 1.807) is 0 Å². The Morgan fingerprint density at radius 2 is 2.00 bits per heavy atom. The molecule has 0 aliphatic heterocycles. The molecule has 1 aromatic rings. The first kappa shape index (κ1) is 8.47. The fourth-order valence-corrected chi connectivity index (χ4v) is 1.43. The normalized spacial score (nSPS) is 9.73. The molecule has 0 N–H and O–H groups in total. The highest BCUT2D eigenvalue weighted by atomic mass is 79.9. The van der Waals surface area contributed by atoms with Gasteiger partial charge in [-0.05, 0) is 40.9 Å². The monoisotopic (exact) mass is 212 g/mol. The molecule has 58 valence electrons. The van der Waals surface area contributed by atoms with E-state index in [0.29, 0.717) is 5.56 Å². The van der Waals surface area contributed by atoms with Crippen LogP contribution in [0.1, 0.15) is 21.5 Å². The number of hydrogen-bond acceptors (Lipinski definition) is 1. The Bertz CT molecular complexity index is 292. The zero-order valence-electron chi connectivity index (χ0n) is 6.52. The van der Waals surface area contributed by atoms with Crippen molar-refractivity contribution in [2.24, 2.45) is 0 Å². The molecular formula is C9H9BrO. The molecule has 0 bridgehead atoms. The van der Waals surface area contributed by atoms with E-state index in [0.717, 1.165) is 16.3 Å². The highest BCUT2D eigenvalue weighted by Crippen LogP contribution is 2.22. The molecule has 0 heterocycles. The lowest BCUT2D eigenvalue weighted by molar-refractivity contribution is 0.112. The third-order valence-corrected chi connectivity index (χ3v) is 2.87. The van der Waals surface area contributed by atoms with Gasteiger partial charge in [0.25, 0.3) is 0 Å². The molecule has 0 saturated heterocycles. The molecule has 0 aliphatic carbocycles. The van der Waals surface area contributed by atoms with Crippen molar-refractivity contribution in [1.29, 1.82) is 0 Å². The average molecular weight is 213 g/mol. The van der Waals surface area contributed by atoms with Crippen molar-refractivity contribution in [3.05, 3.63) is 33.3 Å². The molecule has 0 saturated carbocycles. The minimum absolute atomic E-state index is 0.716. The minimum Gasteiger partial charge on any atom is -0.298 e. The van der Waals surface area contributed by atoms with Crippen LogP contribution in [0.2, 0.25) is 0 Å². The number of benzene rings is 1. The minimum atomic E-state index is 0.716. The second-order valence-corrected chi connectivity index (χ2v) is 3.32. The summed E-state index contributed by atoms with van der Waals surface area (Å²) < 4.78 is 0.910. The standard InChI is InChI=1S/C9H9BrO/c1-6-3-4-8(5-11)9(10)7(6)2/h3-5H,1-2H3. The summed E-state index contributed by atoms with van der Waals surface area (Å²) in [5, 5.41) is 0. The summed E-state index contributed by atoms with van der Waals surface area (Å²) in [7, 11) is 0. The van der Waals surface area contributed by atoms with Crippen LogP contribution in [0.4, 0.5) is 0 Å². The van der Waals surface area contributed by atoms with E-state index in [4.69, 9.17) is 0 Å². The van der Waals surface area contributed by atoms with Crippen LogP contribution in [0.25, 0.3) is 0 Å². The van der Waals surface area contributed by atoms with Crippen molar-refractivity contribution in [3.8, 4) is 0 Å². The van der Waals surface area contributed by atoms with Gasteiger partial charge in [0.15, 0.2) is 6.29 Å². The lowest BCUT2D eigenvalue weighted by atomic mass is 10.1. The number of carbonyl (C=O) groups excluding carboxylic acids is 1. The molecule has 0 aliphatic rings. The van der Waals surface area contributed by atoms with E-state index in [2.05, 4.69) is 15.9 Å². The molecule has 1 nitrogen and oxygen atoms in total. The predicted octanol–water partition coefficient (Wildman–Crippen LogP) is 2.88. The van der Waals surface area contributed by atoms with Gasteiger partial charge >= 0.3 is 0 Å². The van der Waals surface area contributed by atoms with Crippen molar-refractivity contribution >= 4 is 22.2 Å². The molecule has 0 radical (unpaired) electrons. The molecule has 0 aromatic heterocycles. The summed E-state index contributed by atoms with van der Waals surface area (Å²) in [6, 6.07) is 3.77. The number of halogens is 1. The predicted molar refractivity (Wildman–Crippen MR) is 49.0 cm³/mol. The third kappa shape index (κ3) is 1.51. The van der Waals surface area contributed by atoms with Crippen molar-refractivity contribution in [1.82, 2.24) is 0 Å². The Kier molecular flexibility index (Phi) is 2.45. The Morgan fingerprint density at radius 3 is 2.55 bits per heavy atom. The average Bonchev–Trinajstić information content (AvgIpc) is 2.01. The second kappa shape index (κ2) is 3.18. The fourth-order valence-electron chi connectivity index (χ4n) is 0.894. The maximum atomic E-state index is 10.5. The fraction of sp³-hybridized carbons (Fsp3) is 0.222. The van der Waals surface area contributed by atoms with Gasteiger partial charge in [-0.15, -0.1) is 0 Å². The van der Waals surface area contributed by atoms with Gasteiger partial charge in [0.2, 0.25) is 0 Å². The Morgan fingerprint density at radius 1 is 1.36 bits per heavy atom. The summed E-state index contributed by atoms with van der Waals surface area (Å²) >= 11 is 3.36. The maximum Gasteiger partial charge on any atom is 0.151 e. The van der Waals surface area contributed by atoms with E-state index in [9.17, 15) is 4.79 Å². The number of aldehydes is 1. The lowest BCUT2D eigenvalue weighted by Crippen LogP contribution is -1.88. The number of aryl methyl sites for hydroxylation is 1. The quantitative estimate of drug-likeness (QED) is 0.655. The first-order valence-electron chi connectivity index (χ1n) is 3.37. The van der Waals surface area contributed by atoms with Gasteiger partial charge in [-0.1, -0.05) is 12.1 Å². The smallest absolute Gasteiger partial charge is 0.151 e. The number of hydrogen-bond donors (Lipinski definition) is 0. The zero-order valence-corrected chi connectivity index (χ0v) is 8.10. The molecule has 0 spiro atoms. The summed E-state index contributed by atoms with van der Waals surface area (Å²) in [6.45, 7) is 4.01.